The second kappa shape index (κ2) is 6.08. The third kappa shape index (κ3) is 5.75. The van der Waals surface area contributed by atoms with Crippen molar-refractivity contribution in [3.05, 3.63) is 36.4 Å². The van der Waals surface area contributed by atoms with Gasteiger partial charge in [-0.3, -0.25) is 0 Å². The van der Waals surface area contributed by atoms with Crippen molar-refractivity contribution >= 4 is 23.1 Å². The summed E-state index contributed by atoms with van der Waals surface area (Å²) in [6.07, 6.45) is 1.62. The van der Waals surface area contributed by atoms with Crippen LogP contribution in [0.2, 0.25) is 0 Å². The Morgan fingerprint density at radius 2 is 1.92 bits per heavy atom. The minimum absolute atomic E-state index is 0.285. The molecule has 4 heteroatoms. The molecule has 1 aromatic carbocycles. The Morgan fingerprint density at radius 1 is 1.46 bits per heavy atom. The topological polar surface area (TPSA) is 57.5 Å². The first kappa shape index (κ1) is 11.5. The first-order valence-corrected chi connectivity index (χ1v) is 3.74. The number of phenols is 1. The van der Waals surface area contributed by atoms with Gasteiger partial charge in [-0.25, -0.2) is 4.79 Å². The van der Waals surface area contributed by atoms with Crippen LogP contribution in [-0.4, -0.2) is 15.6 Å². The lowest BCUT2D eigenvalue weighted by Gasteiger charge is -1.93. The summed E-state index contributed by atoms with van der Waals surface area (Å²) in [5, 5.41) is 16.2. The third-order valence-electron chi connectivity index (χ3n) is 1.16. The van der Waals surface area contributed by atoms with E-state index in [1.807, 2.05) is 12.1 Å². The molecular formula is C9H9ClO3. The summed E-state index contributed by atoms with van der Waals surface area (Å²) >= 11 is 4.19. The highest BCUT2D eigenvalue weighted by Crippen LogP contribution is 2.15. The van der Waals surface area contributed by atoms with Gasteiger partial charge in [0.05, 0.1) is 0 Å². The summed E-state index contributed by atoms with van der Waals surface area (Å²) in [6, 6.07) is 7.08. The Bertz CT molecular complexity index is 293. The average Bonchev–Trinajstić information content (AvgIpc) is 2.04. The number of aromatic hydroxyl groups is 1. The van der Waals surface area contributed by atoms with Crippen LogP contribution in [0.3, 0.4) is 0 Å². The Labute approximate surface area is 80.9 Å². The Kier molecular flexibility index (Phi) is 5.39. The van der Waals surface area contributed by atoms with Crippen molar-refractivity contribution in [3.8, 4) is 5.75 Å². The number of rotatable bonds is 1. The zero-order valence-electron chi connectivity index (χ0n) is 6.77. The maximum atomic E-state index is 9.04. The zero-order chi connectivity index (χ0) is 10.3. The number of phenolic OH excluding ortho intramolecular Hbond substituents is 1. The molecule has 70 valence electrons. The highest BCUT2D eigenvalue weighted by Gasteiger charge is 1.89. The molecule has 0 amide bonds. The van der Waals surface area contributed by atoms with E-state index in [0.29, 0.717) is 0 Å². The maximum Gasteiger partial charge on any atom is 0.401 e. The summed E-state index contributed by atoms with van der Waals surface area (Å²) < 4.78 is 0. The van der Waals surface area contributed by atoms with Gasteiger partial charge in [-0.2, -0.15) is 0 Å². The molecule has 1 aromatic rings. The van der Waals surface area contributed by atoms with Gasteiger partial charge < -0.3 is 10.2 Å². The second-order valence-corrected chi connectivity index (χ2v) is 2.34. The van der Waals surface area contributed by atoms with Crippen molar-refractivity contribution in [1.82, 2.24) is 0 Å². The molecule has 0 saturated carbocycles. The van der Waals surface area contributed by atoms with Gasteiger partial charge in [-0.05, 0) is 6.07 Å². The Morgan fingerprint density at radius 3 is 2.23 bits per heavy atom. The normalized spacial score (nSPS) is 8.08. The van der Waals surface area contributed by atoms with Crippen LogP contribution in [0.4, 0.5) is 4.79 Å². The summed E-state index contributed by atoms with van der Waals surface area (Å²) in [4.78, 5) is 8.77. The Balaban J connectivity index is 0.000000310. The summed E-state index contributed by atoms with van der Waals surface area (Å²) in [7, 11) is 0. The van der Waals surface area contributed by atoms with E-state index in [1.165, 1.54) is 0 Å². The summed E-state index contributed by atoms with van der Waals surface area (Å²) in [5.41, 5.74) is -0.586. The van der Waals surface area contributed by atoms with E-state index < -0.39 is 5.43 Å². The first-order valence-electron chi connectivity index (χ1n) is 3.36. The first-order chi connectivity index (χ1) is 6.07. The predicted molar refractivity (Wildman–Crippen MR) is 52.1 cm³/mol. The Hall–Kier alpha value is -1.48. The SMILES string of the molecule is C=Cc1ccccc1O.O=C(O)Cl. The lowest BCUT2D eigenvalue weighted by atomic mass is 10.2. The summed E-state index contributed by atoms with van der Waals surface area (Å²) in [6.45, 7) is 3.53. The fourth-order valence-electron chi connectivity index (χ4n) is 0.660. The number of halogens is 1. The van der Waals surface area contributed by atoms with Crippen LogP contribution in [0.1, 0.15) is 5.56 Å². The largest absolute Gasteiger partial charge is 0.507 e. The molecule has 0 aliphatic carbocycles. The molecule has 0 heterocycles. The van der Waals surface area contributed by atoms with Crippen molar-refractivity contribution < 1.29 is 15.0 Å². The maximum absolute atomic E-state index is 9.04. The molecule has 2 N–H and O–H groups in total. The monoisotopic (exact) mass is 200 g/mol. The van der Waals surface area contributed by atoms with E-state index in [1.54, 1.807) is 18.2 Å². The van der Waals surface area contributed by atoms with Gasteiger partial charge in [-0.15, -0.1) is 0 Å². The molecule has 0 aliphatic heterocycles. The molecule has 1 rings (SSSR count). The molecule has 0 fully saturated rings. The van der Waals surface area contributed by atoms with Crippen LogP contribution in [0.25, 0.3) is 6.08 Å². The quantitative estimate of drug-likeness (QED) is 0.686. The van der Waals surface area contributed by atoms with E-state index >= 15 is 0 Å². The van der Waals surface area contributed by atoms with Crippen LogP contribution in [0.5, 0.6) is 5.75 Å². The van der Waals surface area contributed by atoms with E-state index in [4.69, 9.17) is 15.0 Å². The van der Waals surface area contributed by atoms with Gasteiger partial charge in [-0.1, -0.05) is 30.9 Å². The van der Waals surface area contributed by atoms with Crippen molar-refractivity contribution in [2.75, 3.05) is 0 Å². The van der Waals surface area contributed by atoms with Crippen LogP contribution in [0, 0.1) is 0 Å². The van der Waals surface area contributed by atoms with Gasteiger partial charge in [0.2, 0.25) is 0 Å². The molecule has 0 atom stereocenters. The number of para-hydroxylation sites is 1. The molecule has 0 aliphatic rings. The molecule has 0 unspecified atom stereocenters. The van der Waals surface area contributed by atoms with E-state index in [-0.39, 0.29) is 5.75 Å². The second-order valence-electron chi connectivity index (χ2n) is 2.02. The minimum Gasteiger partial charge on any atom is -0.507 e. The highest BCUT2D eigenvalue weighted by atomic mass is 35.5. The lowest BCUT2D eigenvalue weighted by molar-refractivity contribution is 0.220. The molecule has 0 aromatic heterocycles. The molecule has 13 heavy (non-hydrogen) atoms. The van der Waals surface area contributed by atoms with Crippen molar-refractivity contribution in [2.24, 2.45) is 0 Å². The van der Waals surface area contributed by atoms with Gasteiger partial charge >= 0.3 is 5.43 Å². The number of benzene rings is 1. The zero-order valence-corrected chi connectivity index (χ0v) is 7.53. The molecular weight excluding hydrogens is 192 g/mol. The minimum atomic E-state index is -1.36. The van der Waals surface area contributed by atoms with Gasteiger partial charge in [0.25, 0.3) is 0 Å². The van der Waals surface area contributed by atoms with Gasteiger partial charge in [0, 0.05) is 17.2 Å². The standard InChI is InChI=1S/C8H8O.CHClO2/c1-2-7-5-3-4-6-8(7)9;2-1(3)4/h2-6,9H,1H2;(H,3,4). The van der Waals surface area contributed by atoms with Gasteiger partial charge in [0.15, 0.2) is 0 Å². The third-order valence-corrected chi connectivity index (χ3v) is 1.16. The highest BCUT2D eigenvalue weighted by molar-refractivity contribution is 6.60. The van der Waals surface area contributed by atoms with Crippen molar-refractivity contribution in [3.63, 3.8) is 0 Å². The number of carboxylic acid groups (broad SMARTS) is 1. The number of hydrogen-bond acceptors (Lipinski definition) is 2. The molecule has 0 spiro atoms. The number of hydrogen-bond donors (Lipinski definition) is 2. The van der Waals surface area contributed by atoms with Crippen molar-refractivity contribution in [1.29, 1.82) is 0 Å². The van der Waals surface area contributed by atoms with Crippen LogP contribution < -0.4 is 0 Å². The fourth-order valence-corrected chi connectivity index (χ4v) is 0.660. The lowest BCUT2D eigenvalue weighted by Crippen LogP contribution is -1.69. The van der Waals surface area contributed by atoms with E-state index in [0.717, 1.165) is 5.56 Å². The molecule has 0 radical (unpaired) electrons. The van der Waals surface area contributed by atoms with Gasteiger partial charge in [0.1, 0.15) is 5.75 Å². The van der Waals surface area contributed by atoms with Crippen molar-refractivity contribution in [2.45, 2.75) is 0 Å². The van der Waals surface area contributed by atoms with E-state index in [9.17, 15) is 0 Å². The smallest absolute Gasteiger partial charge is 0.401 e. The van der Waals surface area contributed by atoms with Crippen LogP contribution in [-0.2, 0) is 0 Å². The van der Waals surface area contributed by atoms with E-state index in [2.05, 4.69) is 18.2 Å². The molecule has 3 nitrogen and oxygen atoms in total. The molecule has 0 bridgehead atoms. The predicted octanol–water partition coefficient (Wildman–Crippen LogP) is 2.94. The average molecular weight is 201 g/mol. The van der Waals surface area contributed by atoms with Crippen LogP contribution >= 0.6 is 11.6 Å². The summed E-state index contributed by atoms with van der Waals surface area (Å²) in [5.74, 6) is 0.285. The molecule has 0 saturated heterocycles. The van der Waals surface area contributed by atoms with Crippen LogP contribution in [0.15, 0.2) is 30.8 Å². The number of carbonyl (C=O) groups is 1. The fraction of sp³-hybridized carbons (Fsp3) is 0.